The average Bonchev–Trinajstić information content (AvgIpc) is 2.59. The lowest BCUT2D eigenvalue weighted by Gasteiger charge is -2.18. The molecule has 2 aromatic rings. The summed E-state index contributed by atoms with van der Waals surface area (Å²) >= 11 is 0. The Hall–Kier alpha value is -2.20. The van der Waals surface area contributed by atoms with E-state index in [9.17, 15) is 8.42 Å². The van der Waals surface area contributed by atoms with Crippen molar-refractivity contribution in [2.75, 3.05) is 14.1 Å². The summed E-state index contributed by atoms with van der Waals surface area (Å²) in [4.78, 5) is 0.306. The van der Waals surface area contributed by atoms with Crippen molar-refractivity contribution in [2.45, 2.75) is 24.4 Å². The quantitative estimate of drug-likeness (QED) is 0.875. The van der Waals surface area contributed by atoms with Gasteiger partial charge in [0, 0.05) is 26.7 Å². The Morgan fingerprint density at radius 1 is 1.17 bits per heavy atom. The molecule has 0 bridgehead atoms. The molecule has 0 heterocycles. The van der Waals surface area contributed by atoms with Crippen LogP contribution in [-0.4, -0.2) is 26.8 Å². The van der Waals surface area contributed by atoms with Crippen LogP contribution < -0.4 is 5.32 Å². The zero-order chi connectivity index (χ0) is 17.7. The molecule has 0 aromatic heterocycles. The number of sulfonamides is 1. The maximum atomic E-state index is 12.4. The van der Waals surface area contributed by atoms with Crippen LogP contribution in [0.4, 0.5) is 0 Å². The summed E-state index contributed by atoms with van der Waals surface area (Å²) in [6.07, 6.45) is 0. The van der Waals surface area contributed by atoms with Crippen molar-refractivity contribution in [2.24, 2.45) is 0 Å². The van der Waals surface area contributed by atoms with Crippen LogP contribution in [0.1, 0.15) is 29.7 Å². The summed E-state index contributed by atoms with van der Waals surface area (Å²) in [5.41, 5.74) is 2.31. The summed E-state index contributed by atoms with van der Waals surface area (Å²) < 4.78 is 26.0. The summed E-state index contributed by atoms with van der Waals surface area (Å²) in [7, 11) is -0.434. The smallest absolute Gasteiger partial charge is 0.242 e. The molecule has 0 amide bonds. The molecule has 0 saturated heterocycles. The van der Waals surface area contributed by atoms with E-state index in [4.69, 9.17) is 5.26 Å². The van der Waals surface area contributed by atoms with E-state index < -0.39 is 10.0 Å². The van der Waals surface area contributed by atoms with Crippen molar-refractivity contribution >= 4 is 10.0 Å². The monoisotopic (exact) mass is 343 g/mol. The van der Waals surface area contributed by atoms with Crippen LogP contribution in [-0.2, 0) is 16.6 Å². The van der Waals surface area contributed by atoms with Crippen LogP contribution in [0.5, 0.6) is 0 Å². The molecule has 0 fully saturated rings. The fourth-order valence-corrected chi connectivity index (χ4v) is 3.47. The number of nitriles is 1. The van der Waals surface area contributed by atoms with Gasteiger partial charge in [-0.05, 0) is 36.2 Å². The fraction of sp³-hybridized carbons (Fsp3) is 0.278. The summed E-state index contributed by atoms with van der Waals surface area (Å²) in [5.74, 6) is 0. The minimum absolute atomic E-state index is 0.00610. The van der Waals surface area contributed by atoms with E-state index in [-0.39, 0.29) is 6.04 Å². The molecule has 0 aliphatic carbocycles. The van der Waals surface area contributed by atoms with Crippen molar-refractivity contribution in [3.05, 3.63) is 65.2 Å². The van der Waals surface area contributed by atoms with Gasteiger partial charge in [-0.1, -0.05) is 30.3 Å². The minimum atomic E-state index is -3.48. The fourth-order valence-electron chi connectivity index (χ4n) is 2.36. The molecule has 1 N–H and O–H groups in total. The van der Waals surface area contributed by atoms with Crippen molar-refractivity contribution in [3.8, 4) is 6.07 Å². The molecule has 0 unspecified atom stereocenters. The highest BCUT2D eigenvalue weighted by atomic mass is 32.2. The van der Waals surface area contributed by atoms with Crippen LogP contribution in [0.25, 0.3) is 0 Å². The predicted octanol–water partition coefficient (Wildman–Crippen LogP) is 2.66. The Bertz CT molecular complexity index is 855. The Kier molecular flexibility index (Phi) is 5.73. The van der Waals surface area contributed by atoms with Gasteiger partial charge < -0.3 is 5.32 Å². The van der Waals surface area contributed by atoms with Gasteiger partial charge >= 0.3 is 0 Å². The minimum Gasteiger partial charge on any atom is -0.306 e. The van der Waals surface area contributed by atoms with Crippen molar-refractivity contribution in [1.82, 2.24) is 9.62 Å². The van der Waals surface area contributed by atoms with Gasteiger partial charge in [-0.15, -0.1) is 0 Å². The second-order valence-electron chi connectivity index (χ2n) is 5.74. The molecule has 0 spiro atoms. The number of benzene rings is 2. The molecule has 6 heteroatoms. The molecule has 1 atom stereocenters. The Balaban J connectivity index is 2.20. The predicted molar refractivity (Wildman–Crippen MR) is 93.7 cm³/mol. The summed E-state index contributed by atoms with van der Waals surface area (Å²) in [6.45, 7) is 2.40. The second-order valence-corrected chi connectivity index (χ2v) is 7.86. The first kappa shape index (κ1) is 18.1. The van der Waals surface area contributed by atoms with Crippen LogP contribution in [0.2, 0.25) is 0 Å². The van der Waals surface area contributed by atoms with Gasteiger partial charge in [-0.25, -0.2) is 12.7 Å². The topological polar surface area (TPSA) is 73.2 Å². The summed E-state index contributed by atoms with van der Waals surface area (Å²) in [5, 5.41) is 12.3. The molecule has 0 aliphatic heterocycles. The number of nitrogens with zero attached hydrogens (tertiary/aromatic N) is 2. The second kappa shape index (κ2) is 7.58. The standard InChI is InChI=1S/C18H21N3O2S/c1-14(16-9-6-7-15(11-16)12-19)20-13-17-8-4-5-10-18(17)24(22,23)21(2)3/h4-11,14,20H,13H2,1-3H3/t14-/m0/s1. The van der Waals surface area contributed by atoms with Gasteiger partial charge in [0.1, 0.15) is 0 Å². The van der Waals surface area contributed by atoms with Gasteiger partial charge in [0.05, 0.1) is 16.5 Å². The summed E-state index contributed by atoms with van der Waals surface area (Å²) in [6, 6.07) is 16.5. The molecule has 2 aromatic carbocycles. The van der Waals surface area contributed by atoms with Crippen LogP contribution >= 0.6 is 0 Å². The lowest BCUT2D eigenvalue weighted by atomic mass is 10.1. The van der Waals surface area contributed by atoms with E-state index in [2.05, 4.69) is 11.4 Å². The van der Waals surface area contributed by atoms with Gasteiger partial charge in [0.2, 0.25) is 10.0 Å². The molecule has 0 aliphatic rings. The zero-order valence-electron chi connectivity index (χ0n) is 14.0. The zero-order valence-corrected chi connectivity index (χ0v) is 14.8. The van der Waals surface area contributed by atoms with Crippen molar-refractivity contribution in [1.29, 1.82) is 5.26 Å². The molecule has 24 heavy (non-hydrogen) atoms. The molecular weight excluding hydrogens is 322 g/mol. The molecule has 0 radical (unpaired) electrons. The maximum absolute atomic E-state index is 12.4. The van der Waals surface area contributed by atoms with E-state index in [1.807, 2.05) is 37.3 Å². The average molecular weight is 343 g/mol. The Morgan fingerprint density at radius 3 is 2.54 bits per heavy atom. The molecule has 2 rings (SSSR count). The van der Waals surface area contributed by atoms with E-state index in [1.165, 1.54) is 18.4 Å². The van der Waals surface area contributed by atoms with Crippen molar-refractivity contribution in [3.63, 3.8) is 0 Å². The largest absolute Gasteiger partial charge is 0.306 e. The molecule has 126 valence electrons. The number of hydrogen-bond acceptors (Lipinski definition) is 4. The van der Waals surface area contributed by atoms with Crippen LogP contribution in [0.15, 0.2) is 53.4 Å². The molecule has 0 saturated carbocycles. The first-order chi connectivity index (χ1) is 11.4. The van der Waals surface area contributed by atoms with Gasteiger partial charge in [0.15, 0.2) is 0 Å². The molecular formula is C18H21N3O2S. The van der Waals surface area contributed by atoms with E-state index in [1.54, 1.807) is 18.2 Å². The van der Waals surface area contributed by atoms with E-state index in [0.29, 0.717) is 17.0 Å². The third-order valence-electron chi connectivity index (χ3n) is 3.85. The lowest BCUT2D eigenvalue weighted by molar-refractivity contribution is 0.516. The van der Waals surface area contributed by atoms with E-state index in [0.717, 1.165) is 11.1 Å². The number of hydrogen-bond donors (Lipinski definition) is 1. The third-order valence-corrected chi connectivity index (χ3v) is 5.76. The highest BCUT2D eigenvalue weighted by Crippen LogP contribution is 2.20. The first-order valence-electron chi connectivity index (χ1n) is 7.60. The lowest BCUT2D eigenvalue weighted by Crippen LogP contribution is -2.25. The third kappa shape index (κ3) is 4.01. The van der Waals surface area contributed by atoms with Crippen LogP contribution in [0.3, 0.4) is 0 Å². The highest BCUT2D eigenvalue weighted by molar-refractivity contribution is 7.89. The maximum Gasteiger partial charge on any atom is 0.242 e. The normalized spacial score (nSPS) is 12.8. The number of nitrogens with one attached hydrogen (secondary N) is 1. The Morgan fingerprint density at radius 2 is 1.88 bits per heavy atom. The van der Waals surface area contributed by atoms with Crippen molar-refractivity contribution < 1.29 is 8.42 Å². The highest BCUT2D eigenvalue weighted by Gasteiger charge is 2.20. The van der Waals surface area contributed by atoms with Gasteiger partial charge in [-0.3, -0.25) is 0 Å². The Labute approximate surface area is 143 Å². The SMILES string of the molecule is C[C@H](NCc1ccccc1S(=O)(=O)N(C)C)c1cccc(C#N)c1. The van der Waals surface area contributed by atoms with Crippen LogP contribution in [0, 0.1) is 11.3 Å². The van der Waals surface area contributed by atoms with Gasteiger partial charge in [0.25, 0.3) is 0 Å². The first-order valence-corrected chi connectivity index (χ1v) is 9.04. The number of rotatable bonds is 6. The van der Waals surface area contributed by atoms with E-state index >= 15 is 0 Å². The molecule has 5 nitrogen and oxygen atoms in total. The van der Waals surface area contributed by atoms with Gasteiger partial charge in [-0.2, -0.15) is 5.26 Å².